The zero-order valence-electron chi connectivity index (χ0n) is 10.9. The van der Waals surface area contributed by atoms with Gasteiger partial charge < -0.3 is 11.1 Å². The van der Waals surface area contributed by atoms with Crippen molar-refractivity contribution in [2.75, 3.05) is 5.32 Å². The Kier molecular flexibility index (Phi) is 4.46. The molecule has 19 heavy (non-hydrogen) atoms. The van der Waals surface area contributed by atoms with Gasteiger partial charge in [-0.3, -0.25) is 14.9 Å². The average Bonchev–Trinajstić information content (AvgIpc) is 2.22. The second-order valence-electron chi connectivity index (χ2n) is 4.84. The van der Waals surface area contributed by atoms with Crippen LogP contribution in [0, 0.1) is 17.0 Å². The Hall–Kier alpha value is -1.70. The first kappa shape index (κ1) is 15.4. The monoisotopic (exact) mass is 330 g/mol. The van der Waals surface area contributed by atoms with Crippen LogP contribution in [0.15, 0.2) is 10.7 Å². The summed E-state index contributed by atoms with van der Waals surface area (Å²) in [5, 5.41) is 13.8. The lowest BCUT2D eigenvalue weighted by Gasteiger charge is -2.26. The van der Waals surface area contributed by atoms with Gasteiger partial charge in [-0.05, 0) is 36.7 Å². The quantitative estimate of drug-likeness (QED) is 0.634. The molecule has 0 bridgehead atoms. The summed E-state index contributed by atoms with van der Waals surface area (Å²) in [7, 11) is 0. The number of nitro groups is 1. The molecular formula is C11H15BrN4O3. The number of nitrogens with two attached hydrogens (primary N) is 1. The molecule has 0 aliphatic carbocycles. The number of anilines is 1. The molecule has 0 aliphatic rings. The Bertz CT molecular complexity index is 531. The topological polar surface area (TPSA) is 111 Å². The van der Waals surface area contributed by atoms with E-state index in [0.29, 0.717) is 15.9 Å². The van der Waals surface area contributed by atoms with Gasteiger partial charge in [0.15, 0.2) is 0 Å². The lowest BCUT2D eigenvalue weighted by Crippen LogP contribution is -2.36. The molecule has 0 radical (unpaired) electrons. The molecule has 0 saturated heterocycles. The minimum atomic E-state index is -0.593. The maximum absolute atomic E-state index is 11.0. The van der Waals surface area contributed by atoms with Crippen molar-refractivity contribution in [2.24, 2.45) is 5.73 Å². The van der Waals surface area contributed by atoms with Crippen LogP contribution in [-0.4, -0.2) is 21.4 Å². The van der Waals surface area contributed by atoms with E-state index < -0.39 is 16.4 Å². The largest absolute Gasteiger partial charge is 0.370 e. The van der Waals surface area contributed by atoms with Gasteiger partial charge in [0.05, 0.1) is 9.40 Å². The van der Waals surface area contributed by atoms with Gasteiger partial charge in [-0.25, -0.2) is 4.98 Å². The van der Waals surface area contributed by atoms with Crippen molar-refractivity contribution >= 4 is 33.3 Å². The first-order valence-corrected chi connectivity index (χ1v) is 6.29. The Morgan fingerprint density at radius 3 is 2.68 bits per heavy atom. The summed E-state index contributed by atoms with van der Waals surface area (Å²) in [6.45, 7) is 5.21. The molecule has 1 rings (SSSR count). The van der Waals surface area contributed by atoms with Crippen LogP contribution >= 0.6 is 15.9 Å². The molecule has 1 amide bonds. The molecule has 1 aromatic rings. The molecule has 104 valence electrons. The number of nitrogens with one attached hydrogen (secondary N) is 1. The fraction of sp³-hybridized carbons (Fsp3) is 0.455. The van der Waals surface area contributed by atoms with E-state index in [2.05, 4.69) is 26.2 Å². The van der Waals surface area contributed by atoms with Crippen molar-refractivity contribution in [2.45, 2.75) is 32.7 Å². The number of amides is 1. The third-order valence-corrected chi connectivity index (χ3v) is 3.48. The number of primary amides is 1. The highest BCUT2D eigenvalue weighted by Gasteiger charge is 2.24. The molecule has 0 aromatic carbocycles. The van der Waals surface area contributed by atoms with Gasteiger partial charge in [-0.1, -0.05) is 0 Å². The molecule has 1 heterocycles. The number of hydrogen-bond donors (Lipinski definition) is 2. The third kappa shape index (κ3) is 3.88. The van der Waals surface area contributed by atoms with Crippen molar-refractivity contribution in [3.8, 4) is 0 Å². The van der Waals surface area contributed by atoms with Crippen LogP contribution in [0.4, 0.5) is 11.5 Å². The second kappa shape index (κ2) is 5.52. The molecular weight excluding hydrogens is 316 g/mol. The smallest absolute Gasteiger partial charge is 0.291 e. The van der Waals surface area contributed by atoms with Crippen LogP contribution in [0.25, 0.3) is 0 Å². The predicted molar refractivity (Wildman–Crippen MR) is 74.8 cm³/mol. The average molecular weight is 331 g/mol. The maximum atomic E-state index is 11.0. The number of carbonyl (C=O) groups is 1. The highest BCUT2D eigenvalue weighted by molar-refractivity contribution is 9.10. The summed E-state index contributed by atoms with van der Waals surface area (Å²) in [6, 6.07) is 0. The van der Waals surface area contributed by atoms with E-state index in [4.69, 9.17) is 5.73 Å². The molecule has 0 atom stereocenters. The lowest BCUT2D eigenvalue weighted by atomic mass is 10.0. The highest BCUT2D eigenvalue weighted by atomic mass is 79.9. The van der Waals surface area contributed by atoms with E-state index in [1.807, 2.05) is 0 Å². The fourth-order valence-electron chi connectivity index (χ4n) is 1.64. The number of hydrogen-bond acceptors (Lipinski definition) is 5. The van der Waals surface area contributed by atoms with Gasteiger partial charge in [0, 0.05) is 17.5 Å². The Morgan fingerprint density at radius 2 is 2.21 bits per heavy atom. The molecule has 0 unspecified atom stereocenters. The Balaban J connectivity index is 3.07. The molecule has 0 aliphatic heterocycles. The summed E-state index contributed by atoms with van der Waals surface area (Å²) >= 11 is 3.27. The predicted octanol–water partition coefficient (Wildman–Crippen LogP) is 2.13. The minimum Gasteiger partial charge on any atom is -0.370 e. The van der Waals surface area contributed by atoms with Crippen LogP contribution in [0.3, 0.4) is 0 Å². The van der Waals surface area contributed by atoms with E-state index in [1.165, 1.54) is 6.20 Å². The first-order chi connectivity index (χ1) is 8.64. The SMILES string of the molecule is Cc1c([N+](=O)[O-])cnc(NC(C)(C)CC(N)=O)c1Br. The number of aromatic nitrogens is 1. The minimum absolute atomic E-state index is 0.0647. The molecule has 0 fully saturated rings. The number of pyridine rings is 1. The summed E-state index contributed by atoms with van der Waals surface area (Å²) in [5.74, 6) is 0.00149. The lowest BCUT2D eigenvalue weighted by molar-refractivity contribution is -0.385. The van der Waals surface area contributed by atoms with E-state index in [1.54, 1.807) is 20.8 Å². The summed E-state index contributed by atoms with van der Waals surface area (Å²) in [6.07, 6.45) is 1.31. The standard InChI is InChI=1S/C11H15BrN4O3/c1-6-7(16(18)19)5-14-10(9(6)12)15-11(2,3)4-8(13)17/h5H,4H2,1-3H3,(H2,13,17)(H,14,15). The number of nitrogens with zero attached hydrogens (tertiary/aromatic N) is 2. The van der Waals surface area contributed by atoms with Crippen LogP contribution in [0.2, 0.25) is 0 Å². The number of rotatable bonds is 5. The van der Waals surface area contributed by atoms with Crippen LogP contribution in [-0.2, 0) is 4.79 Å². The van der Waals surface area contributed by atoms with Crippen LogP contribution in [0.5, 0.6) is 0 Å². The van der Waals surface area contributed by atoms with Gasteiger partial charge in [-0.2, -0.15) is 0 Å². The number of halogens is 1. The van der Waals surface area contributed by atoms with Crippen molar-refractivity contribution in [1.29, 1.82) is 0 Å². The molecule has 3 N–H and O–H groups in total. The third-order valence-electron chi connectivity index (χ3n) is 2.51. The Labute approximate surface area is 118 Å². The molecule has 1 aromatic heterocycles. The molecule has 0 saturated carbocycles. The summed E-state index contributed by atoms with van der Waals surface area (Å²) in [4.78, 5) is 25.2. The van der Waals surface area contributed by atoms with Crippen LogP contribution in [0.1, 0.15) is 25.8 Å². The van der Waals surface area contributed by atoms with Crippen molar-refractivity contribution < 1.29 is 9.72 Å². The summed E-state index contributed by atoms with van der Waals surface area (Å²) in [5.41, 5.74) is 4.98. The van der Waals surface area contributed by atoms with E-state index in [9.17, 15) is 14.9 Å². The normalized spacial score (nSPS) is 11.2. The maximum Gasteiger partial charge on any atom is 0.291 e. The van der Waals surface area contributed by atoms with Crippen molar-refractivity contribution in [3.63, 3.8) is 0 Å². The van der Waals surface area contributed by atoms with E-state index >= 15 is 0 Å². The fourth-order valence-corrected chi connectivity index (χ4v) is 2.05. The van der Waals surface area contributed by atoms with Crippen LogP contribution < -0.4 is 11.1 Å². The first-order valence-electron chi connectivity index (χ1n) is 5.50. The Morgan fingerprint density at radius 1 is 1.63 bits per heavy atom. The summed E-state index contributed by atoms with van der Waals surface area (Å²) < 4.78 is 0.499. The zero-order chi connectivity index (χ0) is 14.8. The van der Waals surface area contributed by atoms with Gasteiger partial charge in [-0.15, -0.1) is 0 Å². The van der Waals surface area contributed by atoms with Crippen molar-refractivity contribution in [3.05, 3.63) is 26.3 Å². The van der Waals surface area contributed by atoms with Gasteiger partial charge in [0.25, 0.3) is 5.69 Å². The van der Waals surface area contributed by atoms with Gasteiger partial charge in [0.1, 0.15) is 12.0 Å². The molecule has 8 heteroatoms. The van der Waals surface area contributed by atoms with Gasteiger partial charge >= 0.3 is 0 Å². The van der Waals surface area contributed by atoms with Gasteiger partial charge in [0.2, 0.25) is 5.91 Å². The van der Waals surface area contributed by atoms with E-state index in [0.717, 1.165) is 0 Å². The van der Waals surface area contributed by atoms with E-state index in [-0.39, 0.29) is 12.1 Å². The highest BCUT2D eigenvalue weighted by Crippen LogP contribution is 2.32. The molecule has 7 nitrogen and oxygen atoms in total. The second-order valence-corrected chi connectivity index (χ2v) is 5.63. The number of carbonyl (C=O) groups excluding carboxylic acids is 1. The zero-order valence-corrected chi connectivity index (χ0v) is 12.4. The van der Waals surface area contributed by atoms with Crippen molar-refractivity contribution in [1.82, 2.24) is 4.98 Å². The molecule has 0 spiro atoms.